The van der Waals surface area contributed by atoms with Gasteiger partial charge in [0.15, 0.2) is 34.0 Å². The summed E-state index contributed by atoms with van der Waals surface area (Å²) in [6.45, 7) is 11.7. The zero-order valence-corrected chi connectivity index (χ0v) is 45.1. The van der Waals surface area contributed by atoms with E-state index in [4.69, 9.17) is 9.47 Å². The summed E-state index contributed by atoms with van der Waals surface area (Å²) < 4.78 is 86.8. The number of hydrogen-bond donors (Lipinski definition) is 1. The third-order valence-electron chi connectivity index (χ3n) is 15.8. The Kier molecular flexibility index (Phi) is 15.5. The molecule has 0 radical (unpaired) electrons. The molecule has 2 atom stereocenters. The van der Waals surface area contributed by atoms with Gasteiger partial charge in [0, 0.05) is 119 Å². The van der Waals surface area contributed by atoms with Crippen LogP contribution in [0.3, 0.4) is 0 Å². The number of halogens is 5. The van der Waals surface area contributed by atoms with Crippen LogP contribution in [-0.4, -0.2) is 97.4 Å². The SMILES string of the molecule is CNc1ccc(N2CCCC(N(Cc3cc(C)c(F)c(C)c3)Cc3cn4c5c(c(F)c(F)cc5c3=O)OCC4)C2)cn1.Cc1cc(CN(Cc2cn3c4c(c(F)c(F)cc4c2=O)OCC3)C2CCCN(c3cnccn3)C2)ccn1. The van der Waals surface area contributed by atoms with Crippen molar-refractivity contribution in [2.45, 2.75) is 97.8 Å². The highest BCUT2D eigenvalue weighted by molar-refractivity contribution is 5.87. The molecule has 0 bridgehead atoms. The monoisotopic (exact) mass is 1100 g/mol. The van der Waals surface area contributed by atoms with Crippen molar-refractivity contribution in [2.24, 2.45) is 0 Å². The Morgan fingerprint density at radius 3 is 1.73 bits per heavy atom. The molecule has 4 aliphatic heterocycles. The van der Waals surface area contributed by atoms with Gasteiger partial charge in [0.25, 0.3) is 0 Å². The van der Waals surface area contributed by atoms with Gasteiger partial charge in [0.05, 0.1) is 53.0 Å². The van der Waals surface area contributed by atoms with Gasteiger partial charge in [-0.25, -0.2) is 23.1 Å². The van der Waals surface area contributed by atoms with Crippen molar-refractivity contribution in [1.29, 1.82) is 0 Å². The maximum Gasteiger partial charge on any atom is 0.202 e. The molecule has 15 nitrogen and oxygen atoms in total. The molecule has 416 valence electrons. The normalized spacial score (nSPS) is 16.9. The van der Waals surface area contributed by atoms with Gasteiger partial charge in [0.2, 0.25) is 11.6 Å². The second-order valence-electron chi connectivity index (χ2n) is 21.2. The van der Waals surface area contributed by atoms with E-state index in [9.17, 15) is 31.5 Å². The number of benzene rings is 3. The highest BCUT2D eigenvalue weighted by atomic mass is 19.2. The van der Waals surface area contributed by atoms with Crippen LogP contribution in [0.2, 0.25) is 0 Å². The van der Waals surface area contributed by atoms with Gasteiger partial charge in [-0.2, -0.15) is 8.78 Å². The lowest BCUT2D eigenvalue weighted by atomic mass is 10.00. The molecule has 20 heteroatoms. The largest absolute Gasteiger partial charge is 0.486 e. The lowest BCUT2D eigenvalue weighted by Crippen LogP contribution is -2.48. The summed E-state index contributed by atoms with van der Waals surface area (Å²) in [6.07, 6.45) is 16.1. The van der Waals surface area contributed by atoms with Gasteiger partial charge in [-0.05, 0) is 105 Å². The van der Waals surface area contributed by atoms with Crippen LogP contribution in [-0.2, 0) is 39.3 Å². The summed E-state index contributed by atoms with van der Waals surface area (Å²) in [5.74, 6) is -3.31. The smallest absolute Gasteiger partial charge is 0.202 e. The van der Waals surface area contributed by atoms with Gasteiger partial charge < -0.3 is 33.7 Å². The average molecular weight is 1100 g/mol. The molecule has 80 heavy (non-hydrogen) atoms. The molecule has 2 unspecified atom stereocenters. The molecule has 0 amide bonds. The molecule has 5 aromatic heterocycles. The average Bonchev–Trinajstić information content (AvgIpc) is 3.62. The number of piperidine rings is 2. The molecule has 3 aromatic carbocycles. The zero-order chi connectivity index (χ0) is 55.8. The molecule has 4 aliphatic rings. The van der Waals surface area contributed by atoms with Crippen LogP contribution in [0.1, 0.15) is 64.8 Å². The van der Waals surface area contributed by atoms with Crippen molar-refractivity contribution in [2.75, 3.05) is 61.6 Å². The molecule has 0 aliphatic carbocycles. The summed E-state index contributed by atoms with van der Waals surface area (Å²) in [5.41, 5.74) is 6.13. The van der Waals surface area contributed by atoms with Gasteiger partial charge in [-0.15, -0.1) is 0 Å². The number of hydrogen-bond acceptors (Lipinski definition) is 13. The Morgan fingerprint density at radius 2 is 1.19 bits per heavy atom. The maximum atomic E-state index is 14.5. The lowest BCUT2D eigenvalue weighted by molar-refractivity contribution is 0.157. The third-order valence-corrected chi connectivity index (χ3v) is 15.8. The highest BCUT2D eigenvalue weighted by Crippen LogP contribution is 2.35. The number of nitrogens with one attached hydrogen (secondary N) is 1. The first kappa shape index (κ1) is 54.0. The molecular weight excluding hydrogens is 1030 g/mol. The zero-order valence-electron chi connectivity index (χ0n) is 45.1. The fraction of sp³-hybridized carbons (Fsp3) is 0.367. The molecular formula is C60H62F5N11O4. The fourth-order valence-electron chi connectivity index (χ4n) is 11.9. The van der Waals surface area contributed by atoms with Crippen molar-refractivity contribution in [3.05, 3.63) is 181 Å². The van der Waals surface area contributed by atoms with Crippen LogP contribution in [0.4, 0.5) is 39.3 Å². The third kappa shape index (κ3) is 11.0. The van der Waals surface area contributed by atoms with Gasteiger partial charge >= 0.3 is 0 Å². The first-order valence-electron chi connectivity index (χ1n) is 27.1. The summed E-state index contributed by atoms with van der Waals surface area (Å²) in [4.78, 5) is 54.0. The lowest BCUT2D eigenvalue weighted by Gasteiger charge is -2.40. The van der Waals surface area contributed by atoms with Crippen LogP contribution in [0.15, 0.2) is 101 Å². The summed E-state index contributed by atoms with van der Waals surface area (Å²) in [7, 11) is 1.83. The van der Waals surface area contributed by atoms with Crippen molar-refractivity contribution in [3.8, 4) is 11.5 Å². The number of rotatable bonds is 13. The predicted octanol–water partition coefficient (Wildman–Crippen LogP) is 9.37. The number of ether oxygens (including phenoxy) is 2. The van der Waals surface area contributed by atoms with E-state index < -0.39 is 23.3 Å². The Hall–Kier alpha value is -7.97. The molecule has 0 saturated carbocycles. The van der Waals surface area contributed by atoms with E-state index in [-0.39, 0.29) is 69.8 Å². The molecule has 12 rings (SSSR count). The number of aromatic nitrogens is 6. The van der Waals surface area contributed by atoms with E-state index in [1.807, 2.05) is 55.1 Å². The molecule has 0 spiro atoms. The van der Waals surface area contributed by atoms with Gasteiger partial charge in [-0.1, -0.05) is 12.1 Å². The number of nitrogens with zero attached hydrogens (tertiary/aromatic N) is 10. The minimum Gasteiger partial charge on any atom is -0.486 e. The minimum atomic E-state index is -1.10. The van der Waals surface area contributed by atoms with E-state index in [2.05, 4.69) is 50.9 Å². The van der Waals surface area contributed by atoms with Crippen molar-refractivity contribution < 1.29 is 31.4 Å². The number of pyridine rings is 4. The predicted molar refractivity (Wildman–Crippen MR) is 297 cm³/mol. The van der Waals surface area contributed by atoms with Gasteiger partial charge in [-0.3, -0.25) is 29.4 Å². The second-order valence-corrected chi connectivity index (χ2v) is 21.2. The summed E-state index contributed by atoms with van der Waals surface area (Å²) >= 11 is 0. The molecule has 8 aromatic rings. The maximum absolute atomic E-state index is 14.5. The Morgan fingerprint density at radius 1 is 0.613 bits per heavy atom. The standard InChI is InChI=1S/C32H34F3N5O2.C28H28F2N6O2/c1-19-11-21(12-20(2)28(19)34)15-40(24-5-4-8-38(18-24)23-6-7-27(36-3)37-14-23)17-22-16-39-9-10-42-32-29(35)26(33)13-25(30(32)39)31(22)41;1-18-11-19(4-5-32-18)14-36(21-3-2-8-34(17-21)24-13-31-6-7-33-24)16-20-15-35-9-10-38-28-25(30)23(29)12-22(26(28)35)27(20)37/h6-7,11-14,16,24H,4-5,8-10,15,17-18H2,1-3H3,(H,36,37);4-7,11-13,15,21H,2-3,8-10,14,16-17H2,1H3. The number of anilines is 3. The molecule has 2 saturated heterocycles. The quantitative estimate of drug-likeness (QED) is 0.110. The molecule has 2 fully saturated rings. The Labute approximate surface area is 459 Å². The number of aryl methyl sites for hydroxylation is 3. The van der Waals surface area contributed by atoms with Crippen molar-refractivity contribution >= 4 is 39.1 Å². The molecule has 9 heterocycles. The van der Waals surface area contributed by atoms with Crippen molar-refractivity contribution in [1.82, 2.24) is 38.9 Å². The highest BCUT2D eigenvalue weighted by Gasteiger charge is 2.32. The van der Waals surface area contributed by atoms with E-state index >= 15 is 0 Å². The van der Waals surface area contributed by atoms with Gasteiger partial charge in [0.1, 0.15) is 30.7 Å². The fourth-order valence-corrected chi connectivity index (χ4v) is 11.9. The summed E-state index contributed by atoms with van der Waals surface area (Å²) in [5, 5.41) is 3.29. The Balaban J connectivity index is 0.000000170. The topological polar surface area (TPSA) is 139 Å². The van der Waals surface area contributed by atoms with Crippen LogP contribution in [0, 0.1) is 49.9 Å². The first-order valence-corrected chi connectivity index (χ1v) is 27.1. The van der Waals surface area contributed by atoms with E-state index in [0.29, 0.717) is 67.0 Å². The van der Waals surface area contributed by atoms with Crippen LogP contribution in [0.5, 0.6) is 11.5 Å². The van der Waals surface area contributed by atoms with E-state index in [1.54, 1.807) is 55.6 Å². The second kappa shape index (κ2) is 23.0. The Bertz CT molecular complexity index is 3710. The van der Waals surface area contributed by atoms with E-state index in [0.717, 1.165) is 98.1 Å². The van der Waals surface area contributed by atoms with Crippen LogP contribution >= 0.6 is 0 Å². The summed E-state index contributed by atoms with van der Waals surface area (Å²) in [6, 6.07) is 13.9. The van der Waals surface area contributed by atoms with E-state index in [1.165, 1.54) is 0 Å². The first-order chi connectivity index (χ1) is 38.7. The van der Waals surface area contributed by atoms with Crippen LogP contribution < -0.4 is 35.4 Å². The molecule has 1 N–H and O–H groups in total. The minimum absolute atomic E-state index is 0.0775. The van der Waals surface area contributed by atoms with Crippen LogP contribution in [0.25, 0.3) is 21.8 Å². The van der Waals surface area contributed by atoms with Crippen molar-refractivity contribution in [3.63, 3.8) is 0 Å².